The van der Waals surface area contributed by atoms with E-state index in [4.69, 9.17) is 4.74 Å². The van der Waals surface area contributed by atoms with E-state index >= 15 is 0 Å². The highest BCUT2D eigenvalue weighted by Gasteiger charge is 2.35. The SMILES string of the molecule is Cc1cc2c(cc1S(=O)(=O)Nc1cccc(F)n1)OC(O)N2C(C)c1cccc(C#CC2CCCCN2)c1. The fourth-order valence-corrected chi connectivity index (χ4v) is 6.01. The number of nitrogens with one attached hydrogen (secondary N) is 2. The molecule has 0 saturated carbocycles. The highest BCUT2D eigenvalue weighted by molar-refractivity contribution is 7.92. The molecule has 0 spiro atoms. The predicted octanol–water partition coefficient (Wildman–Crippen LogP) is 4.06. The molecule has 2 aliphatic heterocycles. The van der Waals surface area contributed by atoms with Gasteiger partial charge < -0.3 is 20.1 Å². The summed E-state index contributed by atoms with van der Waals surface area (Å²) in [5, 5.41) is 14.2. The van der Waals surface area contributed by atoms with Gasteiger partial charge in [-0.25, -0.2) is 13.4 Å². The van der Waals surface area contributed by atoms with Gasteiger partial charge in [-0.2, -0.15) is 4.39 Å². The van der Waals surface area contributed by atoms with Gasteiger partial charge >= 0.3 is 0 Å². The number of nitrogens with zero attached hydrogens (tertiary/aromatic N) is 2. The maximum absolute atomic E-state index is 13.4. The molecule has 1 aromatic heterocycles. The number of fused-ring (bicyclic) bond motifs is 1. The second-order valence-corrected chi connectivity index (χ2v) is 11.1. The van der Waals surface area contributed by atoms with Crippen LogP contribution in [0.4, 0.5) is 15.9 Å². The lowest BCUT2D eigenvalue weighted by atomic mass is 10.0. The van der Waals surface area contributed by atoms with E-state index < -0.39 is 22.4 Å². The van der Waals surface area contributed by atoms with Crippen LogP contribution < -0.4 is 19.7 Å². The number of piperidine rings is 1. The first-order valence-corrected chi connectivity index (χ1v) is 14.0. The summed E-state index contributed by atoms with van der Waals surface area (Å²) >= 11 is 0. The number of rotatable bonds is 5. The maximum Gasteiger partial charge on any atom is 0.282 e. The Bertz CT molecular complexity index is 1510. The van der Waals surface area contributed by atoms with Gasteiger partial charge in [0.1, 0.15) is 11.6 Å². The molecule has 2 aromatic carbocycles. The second-order valence-electron chi connectivity index (χ2n) is 9.46. The normalized spacial score (nSPS) is 19.6. The van der Waals surface area contributed by atoms with Crippen molar-refractivity contribution in [2.45, 2.75) is 56.5 Å². The van der Waals surface area contributed by atoms with E-state index in [0.29, 0.717) is 11.3 Å². The quantitative estimate of drug-likeness (QED) is 0.334. The van der Waals surface area contributed by atoms with Gasteiger partial charge in [0.25, 0.3) is 16.4 Å². The van der Waals surface area contributed by atoms with Crippen molar-refractivity contribution in [2.24, 2.45) is 0 Å². The van der Waals surface area contributed by atoms with Gasteiger partial charge in [-0.1, -0.05) is 30.0 Å². The minimum atomic E-state index is -4.09. The number of aliphatic hydroxyl groups is 1. The fraction of sp³-hybridized carbons (Fsp3) is 0.321. The molecule has 38 heavy (non-hydrogen) atoms. The summed E-state index contributed by atoms with van der Waals surface area (Å²) < 4.78 is 47.5. The van der Waals surface area contributed by atoms with E-state index in [2.05, 4.69) is 26.9 Å². The Balaban J connectivity index is 1.40. The molecule has 10 heteroatoms. The van der Waals surface area contributed by atoms with Gasteiger partial charge in [-0.05, 0) is 81.1 Å². The van der Waals surface area contributed by atoms with E-state index in [1.807, 2.05) is 31.2 Å². The van der Waals surface area contributed by atoms with Gasteiger partial charge in [0.15, 0.2) is 0 Å². The van der Waals surface area contributed by atoms with Gasteiger partial charge in [-0.15, -0.1) is 0 Å². The molecule has 0 radical (unpaired) electrons. The third-order valence-electron chi connectivity index (χ3n) is 6.74. The standard InChI is InChI=1S/C28H29FN4O4S/c1-18-15-23-24(17-25(18)38(35,36)32-27-11-6-10-26(29)31-27)37-28(34)33(23)19(2)21-8-5-7-20(16-21)12-13-22-9-3-4-14-30-22/h5-8,10-11,15-17,19,22,28,30,34H,3-4,9,14H2,1-2H3,(H,31,32). The number of anilines is 2. The number of hydrogen-bond acceptors (Lipinski definition) is 7. The summed E-state index contributed by atoms with van der Waals surface area (Å²) in [4.78, 5) is 5.20. The first kappa shape index (κ1) is 26.0. The van der Waals surface area contributed by atoms with Crippen LogP contribution in [-0.2, 0) is 10.0 Å². The predicted molar refractivity (Wildman–Crippen MR) is 143 cm³/mol. The molecular formula is C28H29FN4O4S. The van der Waals surface area contributed by atoms with E-state index in [-0.39, 0.29) is 28.5 Å². The molecule has 0 amide bonds. The number of aliphatic hydroxyl groups excluding tert-OH is 1. The topological polar surface area (TPSA) is 104 Å². The van der Waals surface area contributed by atoms with Crippen LogP contribution in [-0.4, -0.2) is 37.5 Å². The largest absolute Gasteiger partial charge is 0.444 e. The maximum atomic E-state index is 13.4. The van der Waals surface area contributed by atoms with Crippen LogP contribution in [0.2, 0.25) is 0 Å². The van der Waals surface area contributed by atoms with Crippen LogP contribution in [0.1, 0.15) is 48.9 Å². The number of pyridine rings is 1. The van der Waals surface area contributed by atoms with Crippen molar-refractivity contribution in [1.29, 1.82) is 0 Å². The molecule has 198 valence electrons. The lowest BCUT2D eigenvalue weighted by molar-refractivity contribution is -0.00771. The number of sulfonamides is 1. The molecule has 8 nitrogen and oxygen atoms in total. The van der Waals surface area contributed by atoms with Crippen LogP contribution in [0.25, 0.3) is 0 Å². The van der Waals surface area contributed by atoms with E-state index in [0.717, 1.165) is 30.2 Å². The van der Waals surface area contributed by atoms with Crippen molar-refractivity contribution < 1.29 is 22.7 Å². The molecule has 3 N–H and O–H groups in total. The van der Waals surface area contributed by atoms with E-state index in [1.54, 1.807) is 17.9 Å². The monoisotopic (exact) mass is 536 g/mol. The number of aryl methyl sites for hydroxylation is 1. The summed E-state index contributed by atoms with van der Waals surface area (Å²) in [6.45, 7) is 4.58. The Kier molecular flexibility index (Phi) is 7.25. The Hall–Kier alpha value is -3.65. The second kappa shape index (κ2) is 10.6. The Morgan fingerprint density at radius 1 is 1.21 bits per heavy atom. The van der Waals surface area contributed by atoms with Crippen LogP contribution in [0.15, 0.2) is 59.5 Å². The minimum Gasteiger partial charge on any atom is -0.444 e. The number of ether oxygens (including phenoxy) is 1. The summed E-state index contributed by atoms with van der Waals surface area (Å²) in [6, 6.07) is 14.6. The van der Waals surface area contributed by atoms with Crippen LogP contribution in [0.5, 0.6) is 5.75 Å². The third kappa shape index (κ3) is 5.45. The third-order valence-corrected chi connectivity index (χ3v) is 8.23. The minimum absolute atomic E-state index is 0.0578. The average Bonchev–Trinajstić information content (AvgIpc) is 3.21. The van der Waals surface area contributed by atoms with Crippen molar-refractivity contribution in [3.63, 3.8) is 0 Å². The molecule has 3 heterocycles. The zero-order chi connectivity index (χ0) is 26.9. The molecule has 1 fully saturated rings. The van der Waals surface area contributed by atoms with Crippen LogP contribution in [0.3, 0.4) is 0 Å². The van der Waals surface area contributed by atoms with Gasteiger partial charge in [0, 0.05) is 11.6 Å². The first-order valence-electron chi connectivity index (χ1n) is 12.5. The average molecular weight is 537 g/mol. The lowest BCUT2D eigenvalue weighted by Gasteiger charge is -2.28. The summed E-state index contributed by atoms with van der Waals surface area (Å²) in [7, 11) is -4.09. The Morgan fingerprint density at radius 3 is 2.79 bits per heavy atom. The zero-order valence-corrected chi connectivity index (χ0v) is 21.9. The smallest absolute Gasteiger partial charge is 0.282 e. The number of halogens is 1. The molecule has 3 unspecified atom stereocenters. The Labute approximate surface area is 221 Å². The molecule has 3 atom stereocenters. The van der Waals surface area contributed by atoms with Crippen molar-refractivity contribution in [1.82, 2.24) is 10.3 Å². The number of hydrogen-bond donors (Lipinski definition) is 3. The number of aromatic nitrogens is 1. The van der Waals surface area contributed by atoms with Gasteiger partial charge in [0.2, 0.25) is 5.95 Å². The zero-order valence-electron chi connectivity index (χ0n) is 21.1. The van der Waals surface area contributed by atoms with Crippen molar-refractivity contribution in [2.75, 3.05) is 16.2 Å². The Morgan fingerprint density at radius 2 is 2.03 bits per heavy atom. The molecule has 5 rings (SSSR count). The van der Waals surface area contributed by atoms with Crippen molar-refractivity contribution in [3.8, 4) is 17.6 Å². The molecule has 1 saturated heterocycles. The molecule has 0 aliphatic carbocycles. The molecule has 2 aliphatic rings. The molecule has 3 aromatic rings. The van der Waals surface area contributed by atoms with Crippen LogP contribution in [0, 0.1) is 24.7 Å². The first-order chi connectivity index (χ1) is 18.2. The van der Waals surface area contributed by atoms with E-state index in [9.17, 15) is 17.9 Å². The van der Waals surface area contributed by atoms with Crippen molar-refractivity contribution >= 4 is 21.5 Å². The highest BCUT2D eigenvalue weighted by Crippen LogP contribution is 2.44. The van der Waals surface area contributed by atoms with Gasteiger partial charge in [-0.3, -0.25) is 4.72 Å². The molecular weight excluding hydrogens is 507 g/mol. The fourth-order valence-electron chi connectivity index (χ4n) is 4.77. The summed E-state index contributed by atoms with van der Waals surface area (Å²) in [6.07, 6.45) is 2.09. The summed E-state index contributed by atoms with van der Waals surface area (Å²) in [5.41, 5.74) is 2.80. The molecule has 0 bridgehead atoms. The summed E-state index contributed by atoms with van der Waals surface area (Å²) in [5.74, 6) is 5.86. The van der Waals surface area contributed by atoms with E-state index in [1.165, 1.54) is 31.0 Å². The highest BCUT2D eigenvalue weighted by atomic mass is 32.2. The van der Waals surface area contributed by atoms with Crippen LogP contribution >= 0.6 is 0 Å². The number of benzene rings is 2. The van der Waals surface area contributed by atoms with Gasteiger partial charge in [0.05, 0.1) is 22.7 Å². The van der Waals surface area contributed by atoms with Crippen molar-refractivity contribution in [3.05, 3.63) is 77.2 Å². The lowest BCUT2D eigenvalue weighted by Crippen LogP contribution is -2.36.